The Hall–Kier alpha value is -0.860. The predicted molar refractivity (Wildman–Crippen MR) is 137 cm³/mol. The Labute approximate surface area is 200 Å². The number of nitrogens with one attached hydrogen (secondary N) is 2. The highest BCUT2D eigenvalue weighted by Gasteiger charge is 2.29. The highest BCUT2D eigenvalue weighted by molar-refractivity contribution is 14.0. The molecule has 0 aliphatic carbocycles. The van der Waals surface area contributed by atoms with Crippen molar-refractivity contribution in [1.82, 2.24) is 15.5 Å². The number of piperidine rings is 1. The normalized spacial score (nSPS) is 21.3. The van der Waals surface area contributed by atoms with E-state index in [1.807, 2.05) is 7.05 Å². The van der Waals surface area contributed by atoms with Gasteiger partial charge in [-0.25, -0.2) is 0 Å². The molecule has 0 saturated carbocycles. The molecule has 1 unspecified atom stereocenters. The lowest BCUT2D eigenvalue weighted by atomic mass is 9.76. The molecule has 1 aromatic rings. The summed E-state index contributed by atoms with van der Waals surface area (Å²) in [5, 5.41) is 7.32. The summed E-state index contributed by atoms with van der Waals surface area (Å²) in [5.74, 6) is 1.68. The summed E-state index contributed by atoms with van der Waals surface area (Å²) in [5.41, 5.74) is 1.56. The van der Waals surface area contributed by atoms with Crippen LogP contribution in [0, 0.1) is 5.92 Å². The van der Waals surface area contributed by atoms with Crippen LogP contribution < -0.4 is 10.6 Å². The van der Waals surface area contributed by atoms with Gasteiger partial charge in [-0.05, 0) is 43.6 Å². The van der Waals surface area contributed by atoms with E-state index < -0.39 is 0 Å². The standard InChI is InChI=1S/C24H40N4O.HI/c1-4-24(5-2,21-9-7-6-8-10-21)19-26-23(25-3)27-22-11-14-28(15-12-22)17-20-13-16-29-18-20;/h6-10,20,22H,4-5,11-19H2,1-3H3,(H2,25,26,27);1H. The molecule has 2 heterocycles. The van der Waals surface area contributed by atoms with Crippen LogP contribution in [0.2, 0.25) is 0 Å². The van der Waals surface area contributed by atoms with Crippen molar-refractivity contribution in [3.8, 4) is 0 Å². The van der Waals surface area contributed by atoms with Gasteiger partial charge in [-0.2, -0.15) is 0 Å². The van der Waals surface area contributed by atoms with E-state index in [0.717, 1.165) is 44.5 Å². The zero-order chi connectivity index (χ0) is 20.5. The minimum atomic E-state index is 0. The van der Waals surface area contributed by atoms with Crippen LogP contribution in [0.25, 0.3) is 0 Å². The van der Waals surface area contributed by atoms with Gasteiger partial charge in [0.15, 0.2) is 5.96 Å². The first-order chi connectivity index (χ1) is 14.2. The van der Waals surface area contributed by atoms with Crippen LogP contribution >= 0.6 is 24.0 Å². The Morgan fingerprint density at radius 3 is 2.40 bits per heavy atom. The van der Waals surface area contributed by atoms with Gasteiger partial charge in [0, 0.05) is 51.3 Å². The first-order valence-electron chi connectivity index (χ1n) is 11.5. The summed E-state index contributed by atoms with van der Waals surface area (Å²) >= 11 is 0. The summed E-state index contributed by atoms with van der Waals surface area (Å²) in [6.45, 7) is 10.9. The largest absolute Gasteiger partial charge is 0.381 e. The van der Waals surface area contributed by atoms with Gasteiger partial charge in [0.2, 0.25) is 0 Å². The van der Waals surface area contributed by atoms with Crippen LogP contribution in [0.4, 0.5) is 0 Å². The molecule has 2 aliphatic rings. The van der Waals surface area contributed by atoms with Crippen molar-refractivity contribution in [2.24, 2.45) is 10.9 Å². The Balaban J connectivity index is 0.00000320. The molecule has 2 fully saturated rings. The van der Waals surface area contributed by atoms with Crippen LogP contribution in [0.15, 0.2) is 35.3 Å². The second-order valence-corrected chi connectivity index (χ2v) is 8.73. The summed E-state index contributed by atoms with van der Waals surface area (Å²) in [6, 6.07) is 11.4. The van der Waals surface area contributed by atoms with Gasteiger partial charge in [0.1, 0.15) is 0 Å². The Morgan fingerprint density at radius 2 is 1.83 bits per heavy atom. The maximum atomic E-state index is 5.53. The topological polar surface area (TPSA) is 48.9 Å². The van der Waals surface area contributed by atoms with Gasteiger partial charge < -0.3 is 20.3 Å². The van der Waals surface area contributed by atoms with Crippen LogP contribution in [0.1, 0.15) is 51.5 Å². The fourth-order valence-electron chi connectivity index (χ4n) is 4.80. The van der Waals surface area contributed by atoms with Gasteiger partial charge in [-0.3, -0.25) is 4.99 Å². The molecule has 0 spiro atoms. The molecule has 2 aliphatic heterocycles. The molecule has 3 rings (SSSR count). The van der Waals surface area contributed by atoms with Crippen LogP contribution in [0.5, 0.6) is 0 Å². The molecule has 0 radical (unpaired) electrons. The van der Waals surface area contributed by atoms with Gasteiger partial charge in [-0.15, -0.1) is 24.0 Å². The van der Waals surface area contributed by atoms with Crippen LogP contribution in [0.3, 0.4) is 0 Å². The Bertz CT molecular complexity index is 621. The molecule has 30 heavy (non-hydrogen) atoms. The number of likely N-dealkylation sites (tertiary alicyclic amines) is 1. The van der Waals surface area contributed by atoms with Crippen molar-refractivity contribution in [1.29, 1.82) is 0 Å². The molecular weight excluding hydrogens is 487 g/mol. The molecule has 0 amide bonds. The number of halogens is 1. The fraction of sp³-hybridized carbons (Fsp3) is 0.708. The zero-order valence-corrected chi connectivity index (χ0v) is 21.4. The number of hydrogen-bond donors (Lipinski definition) is 2. The molecule has 0 bridgehead atoms. The van der Waals surface area contributed by atoms with E-state index in [9.17, 15) is 0 Å². The van der Waals surface area contributed by atoms with Crippen molar-refractivity contribution < 1.29 is 4.74 Å². The molecule has 2 saturated heterocycles. The molecule has 1 atom stereocenters. The van der Waals surface area contributed by atoms with E-state index in [4.69, 9.17) is 4.74 Å². The van der Waals surface area contributed by atoms with Gasteiger partial charge >= 0.3 is 0 Å². The molecule has 2 N–H and O–H groups in total. The first kappa shape index (κ1) is 25.4. The highest BCUT2D eigenvalue weighted by atomic mass is 127. The number of guanidine groups is 1. The van der Waals surface area contributed by atoms with E-state index in [1.54, 1.807) is 0 Å². The monoisotopic (exact) mass is 528 g/mol. The van der Waals surface area contributed by atoms with E-state index in [2.05, 4.69) is 64.7 Å². The number of nitrogens with zero attached hydrogens (tertiary/aromatic N) is 2. The van der Waals surface area contributed by atoms with Gasteiger partial charge in [-0.1, -0.05) is 44.2 Å². The highest BCUT2D eigenvalue weighted by Crippen LogP contribution is 2.30. The quantitative estimate of drug-likeness (QED) is 0.304. The Morgan fingerprint density at radius 1 is 1.13 bits per heavy atom. The van der Waals surface area contributed by atoms with Crippen molar-refractivity contribution in [3.63, 3.8) is 0 Å². The van der Waals surface area contributed by atoms with Gasteiger partial charge in [0.25, 0.3) is 0 Å². The lowest BCUT2D eigenvalue weighted by Crippen LogP contribution is -2.51. The third kappa shape index (κ3) is 6.82. The minimum Gasteiger partial charge on any atom is -0.381 e. The smallest absolute Gasteiger partial charge is 0.191 e. The van der Waals surface area contributed by atoms with Crippen molar-refractivity contribution in [3.05, 3.63) is 35.9 Å². The molecule has 1 aromatic carbocycles. The number of benzene rings is 1. The minimum absolute atomic E-state index is 0. The SMILES string of the molecule is CCC(CC)(CNC(=NC)NC1CCN(CC2CCOC2)CC1)c1ccccc1.I. The second kappa shape index (κ2) is 12.9. The van der Waals surface area contributed by atoms with Gasteiger partial charge in [0.05, 0.1) is 6.61 Å². The van der Waals surface area contributed by atoms with Crippen LogP contribution in [-0.4, -0.2) is 63.3 Å². The average molecular weight is 529 g/mol. The Kier molecular flexibility index (Phi) is 10.9. The lowest BCUT2D eigenvalue weighted by Gasteiger charge is -2.36. The summed E-state index contributed by atoms with van der Waals surface area (Å²) < 4.78 is 5.53. The number of hydrogen-bond acceptors (Lipinski definition) is 3. The maximum Gasteiger partial charge on any atom is 0.191 e. The van der Waals surface area contributed by atoms with E-state index in [-0.39, 0.29) is 29.4 Å². The summed E-state index contributed by atoms with van der Waals surface area (Å²) in [6.07, 6.45) is 5.81. The van der Waals surface area contributed by atoms with Crippen molar-refractivity contribution in [2.45, 2.75) is 57.4 Å². The molecule has 6 heteroatoms. The predicted octanol–water partition coefficient (Wildman–Crippen LogP) is 4.03. The van der Waals surface area contributed by atoms with E-state index in [0.29, 0.717) is 6.04 Å². The number of ether oxygens (including phenoxy) is 1. The summed E-state index contributed by atoms with van der Waals surface area (Å²) in [7, 11) is 1.88. The summed E-state index contributed by atoms with van der Waals surface area (Å²) in [4.78, 5) is 7.13. The van der Waals surface area contributed by atoms with E-state index in [1.165, 1.54) is 44.5 Å². The second-order valence-electron chi connectivity index (χ2n) is 8.73. The lowest BCUT2D eigenvalue weighted by molar-refractivity contribution is 0.150. The average Bonchev–Trinajstić information content (AvgIpc) is 3.29. The molecule has 0 aromatic heterocycles. The van der Waals surface area contributed by atoms with E-state index >= 15 is 0 Å². The fourth-order valence-corrected chi connectivity index (χ4v) is 4.80. The van der Waals surface area contributed by atoms with Crippen LogP contribution in [-0.2, 0) is 10.2 Å². The van der Waals surface area contributed by atoms with Crippen molar-refractivity contribution >= 4 is 29.9 Å². The first-order valence-corrected chi connectivity index (χ1v) is 11.5. The molecular formula is C24H41IN4O. The third-order valence-electron chi connectivity index (χ3n) is 7.03. The van der Waals surface area contributed by atoms with Crippen molar-refractivity contribution in [2.75, 3.05) is 46.4 Å². The molecule has 5 nitrogen and oxygen atoms in total. The molecule has 170 valence electrons. The number of rotatable bonds is 8. The zero-order valence-electron chi connectivity index (χ0n) is 19.0. The number of aliphatic imine (C=N–C) groups is 1. The third-order valence-corrected chi connectivity index (χ3v) is 7.03. The maximum absolute atomic E-state index is 5.53.